The monoisotopic (exact) mass is 256 g/mol. The molecule has 1 N–H and O–H groups in total. The van der Waals surface area contributed by atoms with E-state index in [9.17, 15) is 4.79 Å². The summed E-state index contributed by atoms with van der Waals surface area (Å²) in [6, 6.07) is 0. The van der Waals surface area contributed by atoms with Crippen LogP contribution in [0.4, 0.5) is 0 Å². The fraction of sp³-hybridized carbons (Fsp3) is 0.667. The van der Waals surface area contributed by atoms with Gasteiger partial charge in [0.05, 0.1) is 9.88 Å². The molecule has 0 aliphatic rings. The molecule has 1 heterocycles. The average molecular weight is 256 g/mol. The topological polar surface area (TPSA) is 53.4 Å². The number of rotatable bonds is 7. The summed E-state index contributed by atoms with van der Waals surface area (Å²) >= 11 is 1.49. The van der Waals surface area contributed by atoms with E-state index in [0.29, 0.717) is 6.54 Å². The third kappa shape index (κ3) is 4.09. The van der Waals surface area contributed by atoms with Gasteiger partial charge in [0.15, 0.2) is 5.69 Å². The number of unbranched alkanes of at least 4 members (excludes halogenated alkanes) is 1. The number of aromatic nitrogens is 1. The molecule has 17 heavy (non-hydrogen) atoms. The molecule has 0 saturated heterocycles. The minimum Gasteiger partial charge on any atom is -0.476 e. The van der Waals surface area contributed by atoms with Crippen molar-refractivity contribution in [3.05, 3.63) is 15.6 Å². The van der Waals surface area contributed by atoms with Crippen molar-refractivity contribution in [2.24, 2.45) is 0 Å². The quantitative estimate of drug-likeness (QED) is 0.815. The van der Waals surface area contributed by atoms with Crippen LogP contribution in [0.25, 0.3) is 0 Å². The SMILES string of the molecule is CCCCN(CC)Cc1sc(C)nc1C(=O)O. The van der Waals surface area contributed by atoms with E-state index in [2.05, 4.69) is 23.7 Å². The minimum atomic E-state index is -0.920. The normalized spacial score (nSPS) is 11.1. The van der Waals surface area contributed by atoms with Gasteiger partial charge in [0, 0.05) is 6.54 Å². The summed E-state index contributed by atoms with van der Waals surface area (Å²) in [6.07, 6.45) is 2.30. The molecule has 1 rings (SSSR count). The molecule has 4 nitrogen and oxygen atoms in total. The van der Waals surface area contributed by atoms with Crippen LogP contribution < -0.4 is 0 Å². The van der Waals surface area contributed by atoms with Gasteiger partial charge in [-0.2, -0.15) is 0 Å². The maximum atomic E-state index is 11.0. The van der Waals surface area contributed by atoms with Gasteiger partial charge in [0.2, 0.25) is 0 Å². The van der Waals surface area contributed by atoms with Crippen molar-refractivity contribution in [1.82, 2.24) is 9.88 Å². The van der Waals surface area contributed by atoms with Crippen LogP contribution >= 0.6 is 11.3 Å². The summed E-state index contributed by atoms with van der Waals surface area (Å²) in [6.45, 7) is 8.77. The number of carboxylic acid groups (broad SMARTS) is 1. The van der Waals surface area contributed by atoms with Gasteiger partial charge in [-0.1, -0.05) is 20.3 Å². The number of carboxylic acids is 1. The Morgan fingerprint density at radius 1 is 1.47 bits per heavy atom. The van der Waals surface area contributed by atoms with Crippen LogP contribution in [0.1, 0.15) is 47.1 Å². The van der Waals surface area contributed by atoms with Gasteiger partial charge in [-0.05, 0) is 26.4 Å². The first-order valence-electron chi connectivity index (χ1n) is 6.00. The highest BCUT2D eigenvalue weighted by molar-refractivity contribution is 7.11. The molecule has 0 atom stereocenters. The number of nitrogens with zero attached hydrogens (tertiary/aromatic N) is 2. The average Bonchev–Trinajstić information content (AvgIpc) is 2.65. The van der Waals surface area contributed by atoms with E-state index in [1.165, 1.54) is 11.3 Å². The van der Waals surface area contributed by atoms with Gasteiger partial charge in [-0.25, -0.2) is 9.78 Å². The summed E-state index contributed by atoms with van der Waals surface area (Å²) in [7, 11) is 0. The van der Waals surface area contributed by atoms with Crippen molar-refractivity contribution in [2.45, 2.75) is 40.2 Å². The molecule has 1 aromatic heterocycles. The smallest absolute Gasteiger partial charge is 0.355 e. The van der Waals surface area contributed by atoms with Crippen LogP contribution in [-0.4, -0.2) is 34.0 Å². The Bertz CT molecular complexity index is 377. The Morgan fingerprint density at radius 3 is 2.71 bits per heavy atom. The van der Waals surface area contributed by atoms with Crippen molar-refractivity contribution >= 4 is 17.3 Å². The van der Waals surface area contributed by atoms with E-state index in [1.807, 2.05) is 6.92 Å². The predicted octanol–water partition coefficient (Wildman–Crippen LogP) is 2.77. The Morgan fingerprint density at radius 2 is 2.18 bits per heavy atom. The second-order valence-electron chi connectivity index (χ2n) is 4.03. The largest absolute Gasteiger partial charge is 0.476 e. The molecule has 0 aromatic carbocycles. The fourth-order valence-electron chi connectivity index (χ4n) is 1.68. The first-order chi connectivity index (χ1) is 8.08. The highest BCUT2D eigenvalue weighted by Gasteiger charge is 2.17. The first-order valence-corrected chi connectivity index (χ1v) is 6.82. The van der Waals surface area contributed by atoms with Crippen LogP contribution in [-0.2, 0) is 6.54 Å². The van der Waals surface area contributed by atoms with Crippen LogP contribution in [0.5, 0.6) is 0 Å². The number of hydrogen-bond donors (Lipinski definition) is 1. The molecule has 0 amide bonds. The molecule has 0 bridgehead atoms. The molecule has 0 fully saturated rings. The molecule has 0 radical (unpaired) electrons. The molecule has 0 aliphatic carbocycles. The van der Waals surface area contributed by atoms with Crippen molar-refractivity contribution in [3.8, 4) is 0 Å². The molecule has 0 spiro atoms. The van der Waals surface area contributed by atoms with Gasteiger partial charge in [0.1, 0.15) is 0 Å². The van der Waals surface area contributed by atoms with Gasteiger partial charge in [-0.3, -0.25) is 4.90 Å². The molecule has 1 aromatic rings. The van der Waals surface area contributed by atoms with E-state index in [1.54, 1.807) is 0 Å². The van der Waals surface area contributed by atoms with Crippen molar-refractivity contribution in [2.75, 3.05) is 13.1 Å². The Balaban J connectivity index is 2.74. The lowest BCUT2D eigenvalue weighted by Crippen LogP contribution is -2.24. The zero-order chi connectivity index (χ0) is 12.8. The number of aryl methyl sites for hydroxylation is 1. The third-order valence-corrected chi connectivity index (χ3v) is 3.60. The van der Waals surface area contributed by atoms with Crippen molar-refractivity contribution in [1.29, 1.82) is 0 Å². The van der Waals surface area contributed by atoms with E-state index in [0.717, 1.165) is 35.8 Å². The van der Waals surface area contributed by atoms with Gasteiger partial charge in [0.25, 0.3) is 0 Å². The summed E-state index contributed by atoms with van der Waals surface area (Å²) in [4.78, 5) is 18.2. The minimum absolute atomic E-state index is 0.224. The van der Waals surface area contributed by atoms with E-state index in [-0.39, 0.29) is 5.69 Å². The first kappa shape index (κ1) is 14.1. The lowest BCUT2D eigenvalue weighted by molar-refractivity contribution is 0.0689. The summed E-state index contributed by atoms with van der Waals surface area (Å²) in [5, 5.41) is 9.89. The highest BCUT2D eigenvalue weighted by atomic mass is 32.1. The molecular formula is C12H20N2O2S. The van der Waals surface area contributed by atoms with Gasteiger partial charge in [-0.15, -0.1) is 11.3 Å². The standard InChI is InChI=1S/C12H20N2O2S/c1-4-6-7-14(5-2)8-10-11(12(15)16)13-9(3)17-10/h4-8H2,1-3H3,(H,15,16). The molecule has 0 saturated carbocycles. The fourth-order valence-corrected chi connectivity index (χ4v) is 2.65. The summed E-state index contributed by atoms with van der Waals surface area (Å²) in [5.41, 5.74) is 0.224. The van der Waals surface area contributed by atoms with E-state index >= 15 is 0 Å². The van der Waals surface area contributed by atoms with Gasteiger partial charge < -0.3 is 5.11 Å². The molecule has 96 valence electrons. The van der Waals surface area contributed by atoms with Gasteiger partial charge >= 0.3 is 5.97 Å². The maximum Gasteiger partial charge on any atom is 0.355 e. The van der Waals surface area contributed by atoms with E-state index in [4.69, 9.17) is 5.11 Å². The van der Waals surface area contributed by atoms with E-state index < -0.39 is 5.97 Å². The maximum absolute atomic E-state index is 11.0. The Kier molecular flexibility index (Phi) is 5.58. The lowest BCUT2D eigenvalue weighted by atomic mass is 10.3. The van der Waals surface area contributed by atoms with Crippen LogP contribution in [0.15, 0.2) is 0 Å². The van der Waals surface area contributed by atoms with Crippen molar-refractivity contribution in [3.63, 3.8) is 0 Å². The zero-order valence-electron chi connectivity index (χ0n) is 10.7. The number of carbonyl (C=O) groups is 1. The highest BCUT2D eigenvalue weighted by Crippen LogP contribution is 2.20. The van der Waals surface area contributed by atoms with Crippen LogP contribution in [0, 0.1) is 6.92 Å². The second-order valence-corrected chi connectivity index (χ2v) is 5.32. The molecule has 0 aliphatic heterocycles. The second kappa shape index (κ2) is 6.71. The summed E-state index contributed by atoms with van der Waals surface area (Å²) in [5.74, 6) is -0.920. The number of thiazole rings is 1. The molecule has 0 unspecified atom stereocenters. The van der Waals surface area contributed by atoms with Crippen molar-refractivity contribution < 1.29 is 9.90 Å². The van der Waals surface area contributed by atoms with Crippen LogP contribution in [0.2, 0.25) is 0 Å². The number of aromatic carboxylic acids is 1. The Hall–Kier alpha value is -0.940. The molecular weight excluding hydrogens is 236 g/mol. The summed E-state index contributed by atoms with van der Waals surface area (Å²) < 4.78 is 0. The molecule has 5 heteroatoms. The zero-order valence-corrected chi connectivity index (χ0v) is 11.5. The lowest BCUT2D eigenvalue weighted by Gasteiger charge is -2.19. The predicted molar refractivity (Wildman–Crippen MR) is 69.7 cm³/mol. The van der Waals surface area contributed by atoms with Crippen LogP contribution in [0.3, 0.4) is 0 Å². The third-order valence-electron chi connectivity index (χ3n) is 2.65. The number of hydrogen-bond acceptors (Lipinski definition) is 4. The Labute approximate surface area is 106 Å².